The molecule has 1 aromatic rings. The molecule has 0 aliphatic rings. The fourth-order valence-electron chi connectivity index (χ4n) is 0.741. The van der Waals surface area contributed by atoms with Gasteiger partial charge in [-0.1, -0.05) is 36.9 Å². The van der Waals surface area contributed by atoms with E-state index in [0.717, 1.165) is 5.75 Å². The fraction of sp³-hybridized carbons (Fsp3) is 0.200. The Morgan fingerprint density at radius 3 is 2.58 bits per heavy atom. The highest BCUT2D eigenvalue weighted by Gasteiger charge is 1.85. The van der Waals surface area contributed by atoms with Crippen LogP contribution < -0.4 is 0 Å². The zero-order chi connectivity index (χ0) is 8.65. The minimum Gasteiger partial charge on any atom is -0.134 e. The molecule has 0 aliphatic carbocycles. The molecule has 2 heteroatoms. The van der Waals surface area contributed by atoms with Gasteiger partial charge in [-0.25, -0.2) is 0 Å². The summed E-state index contributed by atoms with van der Waals surface area (Å²) < 4.78 is 0. The number of thioether (sulfide) groups is 2. The zero-order valence-corrected chi connectivity index (χ0v) is 8.70. The molecule has 0 N–H and O–H groups in total. The smallest absolute Gasteiger partial charge is 0.0116 e. The van der Waals surface area contributed by atoms with Crippen LogP contribution in [0.3, 0.4) is 0 Å². The van der Waals surface area contributed by atoms with Crippen molar-refractivity contribution in [1.29, 1.82) is 0 Å². The van der Waals surface area contributed by atoms with Crippen LogP contribution in [0.25, 0.3) is 0 Å². The van der Waals surface area contributed by atoms with E-state index in [4.69, 9.17) is 0 Å². The van der Waals surface area contributed by atoms with Crippen molar-refractivity contribution in [2.75, 3.05) is 5.75 Å². The second-order valence-corrected chi connectivity index (χ2v) is 4.32. The van der Waals surface area contributed by atoms with Crippen molar-refractivity contribution in [3.8, 4) is 0 Å². The Balaban J connectivity index is 2.33. The molecule has 0 amide bonds. The van der Waals surface area contributed by atoms with E-state index in [1.165, 1.54) is 4.90 Å². The van der Waals surface area contributed by atoms with Gasteiger partial charge in [0.05, 0.1) is 0 Å². The molecule has 1 rings (SSSR count). The van der Waals surface area contributed by atoms with Crippen LogP contribution in [0.1, 0.15) is 6.92 Å². The standard InChI is InChI=1S/C10H12S2/c1-2-11-8-9-12-10-6-4-3-5-7-10/h3-9H,2H2,1H3/b9-8-. The molecule has 0 saturated carbocycles. The average Bonchev–Trinajstić information content (AvgIpc) is 2.14. The molecule has 0 aromatic heterocycles. The first kappa shape index (κ1) is 9.75. The number of benzene rings is 1. The molecular weight excluding hydrogens is 184 g/mol. The molecule has 0 radical (unpaired) electrons. The van der Waals surface area contributed by atoms with E-state index in [2.05, 4.69) is 42.0 Å². The Morgan fingerprint density at radius 2 is 1.92 bits per heavy atom. The lowest BCUT2D eigenvalue weighted by Gasteiger charge is -1.92. The molecule has 0 bridgehead atoms. The minimum absolute atomic E-state index is 1.14. The maximum absolute atomic E-state index is 2.15. The molecule has 0 saturated heterocycles. The predicted molar refractivity (Wildman–Crippen MR) is 59.6 cm³/mol. The van der Waals surface area contributed by atoms with E-state index in [1.807, 2.05) is 17.8 Å². The van der Waals surface area contributed by atoms with Gasteiger partial charge < -0.3 is 0 Å². The van der Waals surface area contributed by atoms with Crippen molar-refractivity contribution in [1.82, 2.24) is 0 Å². The first-order valence-electron chi connectivity index (χ1n) is 3.92. The number of rotatable bonds is 4. The molecule has 0 aliphatic heterocycles. The monoisotopic (exact) mass is 196 g/mol. The predicted octanol–water partition coefficient (Wildman–Crippen LogP) is 4.00. The van der Waals surface area contributed by atoms with Gasteiger partial charge in [-0.2, -0.15) is 0 Å². The van der Waals surface area contributed by atoms with Crippen molar-refractivity contribution >= 4 is 23.5 Å². The van der Waals surface area contributed by atoms with E-state index in [1.54, 1.807) is 11.8 Å². The van der Waals surface area contributed by atoms with Gasteiger partial charge in [0.2, 0.25) is 0 Å². The molecule has 0 nitrogen and oxygen atoms in total. The third-order valence-corrected chi connectivity index (χ3v) is 2.92. The third-order valence-electron chi connectivity index (χ3n) is 1.27. The second kappa shape index (κ2) is 6.21. The Morgan fingerprint density at radius 1 is 1.17 bits per heavy atom. The minimum atomic E-state index is 1.14. The van der Waals surface area contributed by atoms with Crippen molar-refractivity contribution in [2.24, 2.45) is 0 Å². The first-order chi connectivity index (χ1) is 5.93. The van der Waals surface area contributed by atoms with Crippen LogP contribution in [-0.2, 0) is 0 Å². The molecule has 0 spiro atoms. The van der Waals surface area contributed by atoms with E-state index in [0.29, 0.717) is 0 Å². The summed E-state index contributed by atoms with van der Waals surface area (Å²) in [7, 11) is 0. The van der Waals surface area contributed by atoms with E-state index >= 15 is 0 Å². The van der Waals surface area contributed by atoms with Crippen LogP contribution in [0.4, 0.5) is 0 Å². The van der Waals surface area contributed by atoms with Crippen molar-refractivity contribution < 1.29 is 0 Å². The molecule has 0 heterocycles. The van der Waals surface area contributed by atoms with Crippen LogP contribution in [0.15, 0.2) is 46.0 Å². The summed E-state index contributed by atoms with van der Waals surface area (Å²) in [6.07, 6.45) is 0. The van der Waals surface area contributed by atoms with Crippen LogP contribution in [0.5, 0.6) is 0 Å². The SMILES string of the molecule is CCS/C=C\Sc1ccccc1. The van der Waals surface area contributed by atoms with Crippen molar-refractivity contribution in [3.63, 3.8) is 0 Å². The quantitative estimate of drug-likeness (QED) is 0.667. The van der Waals surface area contributed by atoms with Crippen LogP contribution >= 0.6 is 23.5 Å². The van der Waals surface area contributed by atoms with Gasteiger partial charge in [-0.05, 0) is 28.7 Å². The maximum atomic E-state index is 2.15. The molecule has 1 aromatic carbocycles. The summed E-state index contributed by atoms with van der Waals surface area (Å²) in [4.78, 5) is 1.30. The Bertz CT molecular complexity index is 229. The van der Waals surface area contributed by atoms with Gasteiger partial charge in [0.1, 0.15) is 0 Å². The Labute approximate surface area is 82.4 Å². The summed E-state index contributed by atoms with van der Waals surface area (Å²) in [5.74, 6) is 1.14. The highest BCUT2D eigenvalue weighted by atomic mass is 32.2. The van der Waals surface area contributed by atoms with Crippen molar-refractivity contribution in [3.05, 3.63) is 41.1 Å². The van der Waals surface area contributed by atoms with Gasteiger partial charge in [0.15, 0.2) is 0 Å². The van der Waals surface area contributed by atoms with Crippen LogP contribution in [0.2, 0.25) is 0 Å². The maximum Gasteiger partial charge on any atom is 0.0116 e. The summed E-state index contributed by atoms with van der Waals surface area (Å²) in [6, 6.07) is 10.4. The van der Waals surface area contributed by atoms with E-state index < -0.39 is 0 Å². The van der Waals surface area contributed by atoms with Crippen molar-refractivity contribution in [2.45, 2.75) is 11.8 Å². The Hall–Kier alpha value is -0.340. The van der Waals surface area contributed by atoms with Gasteiger partial charge in [0.25, 0.3) is 0 Å². The lowest BCUT2D eigenvalue weighted by molar-refractivity contribution is 1.47. The molecule has 12 heavy (non-hydrogen) atoms. The number of hydrogen-bond acceptors (Lipinski definition) is 2. The third kappa shape index (κ3) is 3.88. The zero-order valence-electron chi connectivity index (χ0n) is 7.07. The lowest BCUT2D eigenvalue weighted by atomic mass is 10.4. The van der Waals surface area contributed by atoms with Gasteiger partial charge in [0, 0.05) is 4.90 Å². The van der Waals surface area contributed by atoms with Gasteiger partial charge >= 0.3 is 0 Å². The molecule has 0 fully saturated rings. The lowest BCUT2D eigenvalue weighted by Crippen LogP contribution is -1.63. The molecule has 0 atom stereocenters. The van der Waals surface area contributed by atoms with Crippen LogP contribution in [-0.4, -0.2) is 5.75 Å². The van der Waals surface area contributed by atoms with Crippen LogP contribution in [0, 0.1) is 0 Å². The second-order valence-electron chi connectivity index (χ2n) is 2.16. The first-order valence-corrected chi connectivity index (χ1v) is 5.84. The molecular formula is C10H12S2. The Kier molecular flexibility index (Phi) is 5.04. The topological polar surface area (TPSA) is 0 Å². The summed E-state index contributed by atoms with van der Waals surface area (Å²) >= 11 is 3.58. The molecule has 0 unspecified atom stereocenters. The highest BCUT2D eigenvalue weighted by molar-refractivity contribution is 8.05. The largest absolute Gasteiger partial charge is 0.134 e. The normalized spacial score (nSPS) is 10.8. The average molecular weight is 196 g/mol. The summed E-state index contributed by atoms with van der Waals surface area (Å²) in [6.45, 7) is 2.15. The summed E-state index contributed by atoms with van der Waals surface area (Å²) in [5, 5.41) is 4.27. The van der Waals surface area contributed by atoms with Gasteiger partial charge in [-0.15, -0.1) is 11.8 Å². The van der Waals surface area contributed by atoms with E-state index in [9.17, 15) is 0 Å². The highest BCUT2D eigenvalue weighted by Crippen LogP contribution is 2.19. The summed E-state index contributed by atoms with van der Waals surface area (Å²) in [5.41, 5.74) is 0. The van der Waals surface area contributed by atoms with Gasteiger partial charge in [-0.3, -0.25) is 0 Å². The molecule has 64 valence electrons. The fourth-order valence-corrected chi connectivity index (χ4v) is 1.94. The van der Waals surface area contributed by atoms with E-state index in [-0.39, 0.29) is 0 Å². The number of hydrogen-bond donors (Lipinski definition) is 0.